The molecular weight excluding hydrogens is 1410 g/mol. The Hall–Kier alpha value is -0.800. The molecule has 0 aromatic heterocycles. The summed E-state index contributed by atoms with van der Waals surface area (Å²) < 4.78 is 12.8. The highest BCUT2D eigenvalue weighted by Gasteiger charge is 2.32. The molecule has 108 heavy (non-hydrogen) atoms. The molecule has 0 radical (unpaired) electrons. The van der Waals surface area contributed by atoms with Crippen LogP contribution >= 0.6 is 43.2 Å². The minimum Gasteiger partial charge on any atom is -0.462 e. The van der Waals surface area contributed by atoms with Crippen LogP contribution in [0.4, 0.5) is 0 Å². The summed E-state index contributed by atoms with van der Waals surface area (Å²) in [4.78, 5) is 59.4. The summed E-state index contributed by atoms with van der Waals surface area (Å²) in [6, 6.07) is 0. The van der Waals surface area contributed by atoms with Gasteiger partial charge in [-0.1, -0.05) is 367 Å². The van der Waals surface area contributed by atoms with E-state index in [0.717, 1.165) is 155 Å². The summed E-state index contributed by atoms with van der Waals surface area (Å²) >= 11 is 0. The Bertz CT molecular complexity index is 1750. The van der Waals surface area contributed by atoms with Crippen molar-refractivity contribution in [1.29, 1.82) is 0 Å². The number of esters is 2. The molecule has 642 valence electrons. The Morgan fingerprint density at radius 2 is 0.472 bits per heavy atom. The Balaban J connectivity index is 5.49. The summed E-state index contributed by atoms with van der Waals surface area (Å²) in [6.07, 6.45) is 77.5. The van der Waals surface area contributed by atoms with E-state index in [4.69, 9.17) is 9.47 Å². The zero-order chi connectivity index (χ0) is 79.0. The molecule has 2 amide bonds. The predicted molar refractivity (Wildman–Crippen MR) is 486 cm³/mol. The van der Waals surface area contributed by atoms with Gasteiger partial charge in [-0.2, -0.15) is 0 Å². The van der Waals surface area contributed by atoms with Gasteiger partial charge in [0, 0.05) is 62.0 Å². The Morgan fingerprint density at radius 3 is 0.722 bits per heavy atom. The number of rotatable bonds is 89. The second kappa shape index (κ2) is 82.7. The van der Waals surface area contributed by atoms with Gasteiger partial charge in [-0.25, -0.2) is 0 Å². The van der Waals surface area contributed by atoms with Gasteiger partial charge < -0.3 is 29.9 Å². The van der Waals surface area contributed by atoms with E-state index in [1.54, 1.807) is 0 Å². The molecule has 0 heterocycles. The van der Waals surface area contributed by atoms with E-state index in [0.29, 0.717) is 13.1 Å². The van der Waals surface area contributed by atoms with Crippen molar-refractivity contribution in [3.63, 3.8) is 0 Å². The van der Waals surface area contributed by atoms with Crippen molar-refractivity contribution >= 4 is 66.9 Å². The molecule has 0 spiro atoms. The average Bonchev–Trinajstić information content (AvgIpc) is 0.880. The van der Waals surface area contributed by atoms with Crippen molar-refractivity contribution in [2.24, 2.45) is 10.8 Å². The first kappa shape index (κ1) is 107. The van der Waals surface area contributed by atoms with Crippen molar-refractivity contribution in [1.82, 2.24) is 20.4 Å². The third-order valence-electron chi connectivity index (χ3n) is 22.5. The summed E-state index contributed by atoms with van der Waals surface area (Å²) in [6.45, 7) is 29.0. The second-order valence-corrected chi connectivity index (χ2v) is 39.7. The highest BCUT2D eigenvalue weighted by molar-refractivity contribution is 8.77. The smallest absolute Gasteiger partial charge is 0.311 e. The monoisotopic (exact) mass is 1600 g/mol. The lowest BCUT2D eigenvalue weighted by Crippen LogP contribution is -2.37. The van der Waals surface area contributed by atoms with Crippen molar-refractivity contribution in [2.75, 3.05) is 75.4 Å². The normalized spacial score (nSPS) is 12.1. The number of nitrogens with zero attached hydrogens (tertiary/aromatic N) is 2. The molecule has 0 fully saturated rings. The van der Waals surface area contributed by atoms with Crippen LogP contribution in [0.25, 0.3) is 0 Å². The Kier molecular flexibility index (Phi) is 82.1. The average molecular weight is 1600 g/mol. The quantitative estimate of drug-likeness (QED) is 0.0343. The maximum atomic E-state index is 13.8. The van der Waals surface area contributed by atoms with E-state index in [-0.39, 0.29) is 48.8 Å². The molecule has 0 aliphatic rings. The fourth-order valence-electron chi connectivity index (χ4n) is 14.8. The lowest BCUT2D eigenvalue weighted by molar-refractivity contribution is -0.161. The predicted octanol–water partition coefficient (Wildman–Crippen LogP) is 29.5. The van der Waals surface area contributed by atoms with Crippen LogP contribution in [0.15, 0.2) is 0 Å². The van der Waals surface area contributed by atoms with Crippen molar-refractivity contribution < 1.29 is 28.7 Å². The number of hydrogen-bond donors (Lipinski definition) is 2. The number of amides is 2. The molecule has 0 saturated heterocycles. The molecule has 0 aliphatic heterocycles. The summed E-state index contributed by atoms with van der Waals surface area (Å²) in [5.74, 6) is 4.88. The van der Waals surface area contributed by atoms with Crippen molar-refractivity contribution in [3.05, 3.63) is 0 Å². The zero-order valence-corrected chi connectivity index (χ0v) is 77.1. The molecule has 0 aromatic rings. The van der Waals surface area contributed by atoms with E-state index in [1.807, 2.05) is 0 Å². The van der Waals surface area contributed by atoms with Crippen molar-refractivity contribution in [3.8, 4) is 0 Å². The Morgan fingerprint density at radius 1 is 0.269 bits per heavy atom. The van der Waals surface area contributed by atoms with Crippen LogP contribution < -0.4 is 10.6 Å². The van der Waals surface area contributed by atoms with E-state index in [1.165, 1.54) is 306 Å². The van der Waals surface area contributed by atoms with Gasteiger partial charge in [-0.05, 0) is 169 Å². The number of carbonyl (C=O) groups excluding carboxylic acids is 4. The van der Waals surface area contributed by atoms with Crippen LogP contribution in [0.5, 0.6) is 0 Å². The van der Waals surface area contributed by atoms with Crippen LogP contribution in [0.2, 0.25) is 0 Å². The zero-order valence-electron chi connectivity index (χ0n) is 73.9. The van der Waals surface area contributed by atoms with Gasteiger partial charge in [0.15, 0.2) is 0 Å². The Labute approximate surface area is 689 Å². The third kappa shape index (κ3) is 74.0. The first-order chi connectivity index (χ1) is 52.7. The number of nitrogens with one attached hydrogen (secondary N) is 2. The largest absolute Gasteiger partial charge is 0.462 e. The highest BCUT2D eigenvalue weighted by Crippen LogP contribution is 2.32. The molecular formula is C94H186N4O6S4. The van der Waals surface area contributed by atoms with Crippen LogP contribution in [-0.4, -0.2) is 121 Å². The maximum Gasteiger partial charge on any atom is 0.311 e. The lowest BCUT2D eigenvalue weighted by atomic mass is 9.86. The highest BCUT2D eigenvalue weighted by atomic mass is 33.1. The molecule has 0 rings (SSSR count). The summed E-state index contributed by atoms with van der Waals surface area (Å²) in [7, 11) is 8.27. The molecule has 0 aromatic carbocycles. The van der Waals surface area contributed by atoms with Crippen LogP contribution in [0.1, 0.15) is 480 Å². The van der Waals surface area contributed by atoms with Crippen LogP contribution in [-0.2, 0) is 28.7 Å². The third-order valence-corrected chi connectivity index (χ3v) is 27.7. The summed E-state index contributed by atoms with van der Waals surface area (Å²) in [5.41, 5.74) is -0.962. The topological polar surface area (TPSA) is 117 Å². The fourth-order valence-corrected chi connectivity index (χ4v) is 19.4. The first-order valence-electron chi connectivity index (χ1n) is 47.6. The molecule has 14 heteroatoms. The van der Waals surface area contributed by atoms with Gasteiger partial charge in [0.25, 0.3) is 0 Å². The van der Waals surface area contributed by atoms with E-state index in [9.17, 15) is 19.2 Å². The van der Waals surface area contributed by atoms with Crippen LogP contribution in [0.3, 0.4) is 0 Å². The minimum atomic E-state index is -0.481. The number of carbonyl (C=O) groups is 4. The number of hydrogen-bond acceptors (Lipinski definition) is 12. The van der Waals surface area contributed by atoms with Gasteiger partial charge in [0.05, 0.1) is 10.8 Å². The molecule has 0 aliphatic carbocycles. The molecule has 0 saturated carbocycles. The van der Waals surface area contributed by atoms with Gasteiger partial charge in [-0.3, -0.25) is 19.2 Å². The SMILES string of the molecule is CCCCCCCCCCCSSCCCCCN(CCCCCCC(C)(C)C(=O)OC(CCCCCCCC)CCCCCCCC)CCNC(=O)CCC(=O)NCCN(CCCCCCC(C)(C)C(=O)OC(CCCCCCCC)CCCCCCCC)CCCCCSSCCCCCCCCCCC. The van der Waals surface area contributed by atoms with Gasteiger partial charge in [0.2, 0.25) is 11.8 Å². The lowest BCUT2D eigenvalue weighted by Gasteiger charge is -2.27. The maximum absolute atomic E-state index is 13.8. The second-order valence-electron chi connectivity index (χ2n) is 34.3. The molecule has 0 bridgehead atoms. The standard InChI is InChI=1S/C94H186N4O6S4/c1-11-17-23-29-35-37-39-49-63-83-105-107-85-65-51-61-79-97(77-59-47-45-57-73-93(7,8)91(101)103-87(67-53-41-31-25-19-13-3)68-54-42-32-26-20-14-4)81-75-95-89(99)71-72-90(100)96-76-82-98(80-62-52-66-86-108-106-84-64-50-40-38-36-30-24-18-12-2)78-60-48-46-58-74-94(9,10)92(102)104-88(69-55-43-33-27-21-15-5)70-56-44-34-28-22-16-6/h87-88H,11-86H2,1-10H3,(H,95,99)(H,96,100). The van der Waals surface area contributed by atoms with E-state index in [2.05, 4.69) is 133 Å². The van der Waals surface area contributed by atoms with Crippen molar-refractivity contribution in [2.45, 2.75) is 492 Å². The first-order valence-corrected chi connectivity index (χ1v) is 52.6. The number of unbranched alkanes of at least 4 members (excludes halogenated alkanes) is 46. The van der Waals surface area contributed by atoms with Gasteiger partial charge >= 0.3 is 11.9 Å². The van der Waals surface area contributed by atoms with E-state index < -0.39 is 10.8 Å². The fraction of sp³-hybridized carbons (Fsp3) is 0.957. The van der Waals surface area contributed by atoms with E-state index >= 15 is 0 Å². The molecule has 2 N–H and O–H groups in total. The minimum absolute atomic E-state index is 0.00244. The molecule has 10 nitrogen and oxygen atoms in total. The van der Waals surface area contributed by atoms with Gasteiger partial charge in [-0.15, -0.1) is 0 Å². The van der Waals surface area contributed by atoms with Crippen LogP contribution in [0, 0.1) is 10.8 Å². The number of ether oxygens (including phenoxy) is 2. The molecule has 0 atom stereocenters. The summed E-state index contributed by atoms with van der Waals surface area (Å²) in [5, 5.41) is 6.39. The molecule has 0 unspecified atom stereocenters. The van der Waals surface area contributed by atoms with Gasteiger partial charge in [0.1, 0.15) is 12.2 Å².